The fourth-order valence-corrected chi connectivity index (χ4v) is 1.71. The van der Waals surface area contributed by atoms with Crippen LogP contribution in [0.25, 0.3) is 0 Å². The Hall–Kier alpha value is -0.820. The number of halogens is 1. The molecule has 1 rings (SSSR count). The number of hydrogen-bond acceptors (Lipinski definition) is 1. The van der Waals surface area contributed by atoms with Crippen molar-refractivity contribution in [1.29, 1.82) is 0 Å². The van der Waals surface area contributed by atoms with Crippen LogP contribution in [0.15, 0.2) is 18.2 Å². The van der Waals surface area contributed by atoms with Crippen LogP contribution in [-0.2, 0) is 6.42 Å². The number of ketones is 1. The first-order chi connectivity index (χ1) is 7.04. The molecule has 1 aromatic carbocycles. The SMILES string of the molecule is CCc1ccc(Cl)c(C(=O)CC(C)C)c1. The first kappa shape index (κ1) is 12.3. The Balaban J connectivity index is 2.96. The summed E-state index contributed by atoms with van der Waals surface area (Å²) in [4.78, 5) is 11.9. The molecule has 0 saturated carbocycles. The van der Waals surface area contributed by atoms with Crippen LogP contribution in [0.4, 0.5) is 0 Å². The summed E-state index contributed by atoms with van der Waals surface area (Å²) in [5.41, 5.74) is 1.83. The Morgan fingerprint density at radius 2 is 2.07 bits per heavy atom. The summed E-state index contributed by atoms with van der Waals surface area (Å²) < 4.78 is 0. The Labute approximate surface area is 96.5 Å². The van der Waals surface area contributed by atoms with E-state index >= 15 is 0 Å². The minimum Gasteiger partial charge on any atom is -0.294 e. The highest BCUT2D eigenvalue weighted by molar-refractivity contribution is 6.34. The summed E-state index contributed by atoms with van der Waals surface area (Å²) in [6.07, 6.45) is 1.49. The molecule has 0 aliphatic rings. The van der Waals surface area contributed by atoms with E-state index in [1.165, 1.54) is 0 Å². The third-order valence-corrected chi connectivity index (χ3v) is 2.66. The number of hydrogen-bond donors (Lipinski definition) is 0. The fourth-order valence-electron chi connectivity index (χ4n) is 1.49. The number of rotatable bonds is 4. The highest BCUT2D eigenvalue weighted by Crippen LogP contribution is 2.21. The molecule has 0 saturated heterocycles. The average molecular weight is 225 g/mol. The number of carbonyl (C=O) groups is 1. The molecule has 0 aliphatic heterocycles. The van der Waals surface area contributed by atoms with Crippen molar-refractivity contribution in [2.24, 2.45) is 5.92 Å². The van der Waals surface area contributed by atoms with Crippen molar-refractivity contribution in [1.82, 2.24) is 0 Å². The molecule has 0 atom stereocenters. The van der Waals surface area contributed by atoms with Gasteiger partial charge in [-0.3, -0.25) is 4.79 Å². The van der Waals surface area contributed by atoms with Gasteiger partial charge in [-0.25, -0.2) is 0 Å². The van der Waals surface area contributed by atoms with Gasteiger partial charge in [0.2, 0.25) is 0 Å². The summed E-state index contributed by atoms with van der Waals surface area (Å²) in [6.45, 7) is 6.14. The van der Waals surface area contributed by atoms with Crippen molar-refractivity contribution in [3.05, 3.63) is 34.3 Å². The van der Waals surface area contributed by atoms with Gasteiger partial charge in [-0.1, -0.05) is 38.4 Å². The van der Waals surface area contributed by atoms with E-state index in [2.05, 4.69) is 6.92 Å². The van der Waals surface area contributed by atoms with Gasteiger partial charge >= 0.3 is 0 Å². The third kappa shape index (κ3) is 3.35. The summed E-state index contributed by atoms with van der Waals surface area (Å²) in [5.74, 6) is 0.518. The van der Waals surface area contributed by atoms with Gasteiger partial charge in [-0.15, -0.1) is 0 Å². The molecule has 2 heteroatoms. The molecule has 0 unspecified atom stereocenters. The molecule has 0 bridgehead atoms. The molecule has 82 valence electrons. The summed E-state index contributed by atoms with van der Waals surface area (Å²) in [5, 5.41) is 0.567. The predicted octanol–water partition coefficient (Wildman–Crippen LogP) is 4.13. The van der Waals surface area contributed by atoms with Gasteiger partial charge in [0.25, 0.3) is 0 Å². The Morgan fingerprint density at radius 1 is 1.40 bits per heavy atom. The lowest BCUT2D eigenvalue weighted by molar-refractivity contribution is 0.0968. The topological polar surface area (TPSA) is 17.1 Å². The molecule has 0 aliphatic carbocycles. The van der Waals surface area contributed by atoms with Crippen molar-refractivity contribution in [2.75, 3.05) is 0 Å². The number of benzene rings is 1. The predicted molar refractivity (Wildman–Crippen MR) is 64.6 cm³/mol. The number of aryl methyl sites for hydroxylation is 1. The van der Waals surface area contributed by atoms with Crippen molar-refractivity contribution in [3.8, 4) is 0 Å². The van der Waals surface area contributed by atoms with Crippen molar-refractivity contribution in [2.45, 2.75) is 33.6 Å². The molecule has 1 nitrogen and oxygen atoms in total. The van der Waals surface area contributed by atoms with E-state index in [4.69, 9.17) is 11.6 Å². The van der Waals surface area contributed by atoms with E-state index in [1.807, 2.05) is 32.0 Å². The maximum atomic E-state index is 11.9. The molecule has 0 aromatic heterocycles. The van der Waals surface area contributed by atoms with Gasteiger partial charge in [0.15, 0.2) is 5.78 Å². The van der Waals surface area contributed by atoms with Crippen LogP contribution in [0.1, 0.15) is 43.1 Å². The van der Waals surface area contributed by atoms with E-state index < -0.39 is 0 Å². The zero-order chi connectivity index (χ0) is 11.4. The molecule has 0 spiro atoms. The Bertz CT molecular complexity index is 356. The molecule has 0 radical (unpaired) electrons. The van der Waals surface area contributed by atoms with E-state index in [0.29, 0.717) is 22.9 Å². The zero-order valence-corrected chi connectivity index (χ0v) is 10.3. The quantitative estimate of drug-likeness (QED) is 0.703. The first-order valence-corrected chi connectivity index (χ1v) is 5.74. The van der Waals surface area contributed by atoms with E-state index in [9.17, 15) is 4.79 Å². The van der Waals surface area contributed by atoms with Crippen LogP contribution in [-0.4, -0.2) is 5.78 Å². The first-order valence-electron chi connectivity index (χ1n) is 5.36. The van der Waals surface area contributed by atoms with Crippen LogP contribution in [0.2, 0.25) is 5.02 Å². The molecule has 0 N–H and O–H groups in total. The van der Waals surface area contributed by atoms with Crippen LogP contribution < -0.4 is 0 Å². The van der Waals surface area contributed by atoms with Gasteiger partial charge < -0.3 is 0 Å². The molecule has 15 heavy (non-hydrogen) atoms. The zero-order valence-electron chi connectivity index (χ0n) is 9.51. The Morgan fingerprint density at radius 3 is 2.60 bits per heavy atom. The second kappa shape index (κ2) is 5.32. The van der Waals surface area contributed by atoms with E-state index in [0.717, 1.165) is 12.0 Å². The standard InChI is InChI=1S/C13H17ClO/c1-4-10-5-6-12(14)11(8-10)13(15)7-9(2)3/h5-6,8-9H,4,7H2,1-3H3. The van der Waals surface area contributed by atoms with Gasteiger partial charge in [-0.05, 0) is 30.0 Å². The minimum atomic E-state index is 0.144. The summed E-state index contributed by atoms with van der Waals surface area (Å²) in [6, 6.07) is 5.69. The largest absolute Gasteiger partial charge is 0.294 e. The second-order valence-electron chi connectivity index (χ2n) is 4.19. The van der Waals surface area contributed by atoms with Gasteiger partial charge in [-0.2, -0.15) is 0 Å². The molecule has 1 aromatic rings. The fraction of sp³-hybridized carbons (Fsp3) is 0.462. The lowest BCUT2D eigenvalue weighted by Gasteiger charge is -2.07. The normalized spacial score (nSPS) is 10.7. The average Bonchev–Trinajstić information content (AvgIpc) is 2.17. The van der Waals surface area contributed by atoms with Gasteiger partial charge in [0.1, 0.15) is 0 Å². The lowest BCUT2D eigenvalue weighted by atomic mass is 9.99. The second-order valence-corrected chi connectivity index (χ2v) is 4.60. The van der Waals surface area contributed by atoms with Crippen molar-refractivity contribution < 1.29 is 4.79 Å². The number of carbonyl (C=O) groups excluding carboxylic acids is 1. The number of Topliss-reactive ketones (excluding diaryl/α,β-unsaturated/α-hetero) is 1. The molecule has 0 fully saturated rings. The summed E-state index contributed by atoms with van der Waals surface area (Å²) in [7, 11) is 0. The van der Waals surface area contributed by atoms with Crippen LogP contribution in [0, 0.1) is 5.92 Å². The monoisotopic (exact) mass is 224 g/mol. The summed E-state index contributed by atoms with van der Waals surface area (Å²) >= 11 is 6.01. The third-order valence-electron chi connectivity index (χ3n) is 2.33. The maximum Gasteiger partial charge on any atom is 0.164 e. The highest BCUT2D eigenvalue weighted by Gasteiger charge is 2.12. The molecule has 0 heterocycles. The molecular weight excluding hydrogens is 208 g/mol. The van der Waals surface area contributed by atoms with Gasteiger partial charge in [0, 0.05) is 12.0 Å². The van der Waals surface area contributed by atoms with E-state index in [1.54, 1.807) is 0 Å². The van der Waals surface area contributed by atoms with Crippen LogP contribution in [0.3, 0.4) is 0 Å². The Kier molecular flexibility index (Phi) is 4.34. The van der Waals surface area contributed by atoms with Crippen LogP contribution in [0.5, 0.6) is 0 Å². The molecular formula is C13H17ClO. The van der Waals surface area contributed by atoms with Crippen molar-refractivity contribution in [3.63, 3.8) is 0 Å². The van der Waals surface area contributed by atoms with Crippen LogP contribution >= 0.6 is 11.6 Å². The minimum absolute atomic E-state index is 0.144. The maximum absolute atomic E-state index is 11.9. The van der Waals surface area contributed by atoms with Gasteiger partial charge in [0.05, 0.1) is 5.02 Å². The van der Waals surface area contributed by atoms with Crippen molar-refractivity contribution >= 4 is 17.4 Å². The molecule has 0 amide bonds. The smallest absolute Gasteiger partial charge is 0.164 e. The lowest BCUT2D eigenvalue weighted by Crippen LogP contribution is -2.04. The highest BCUT2D eigenvalue weighted by atomic mass is 35.5. The van der Waals surface area contributed by atoms with E-state index in [-0.39, 0.29) is 5.78 Å².